The van der Waals surface area contributed by atoms with Crippen molar-refractivity contribution in [2.75, 3.05) is 26.9 Å². The molecule has 3 N–H and O–H groups in total. The van der Waals surface area contributed by atoms with Crippen molar-refractivity contribution in [1.29, 1.82) is 0 Å². The average molecular weight is 282 g/mol. The minimum absolute atomic E-state index is 0.0822. The van der Waals surface area contributed by atoms with Crippen LogP contribution in [0.1, 0.15) is 37.4 Å². The van der Waals surface area contributed by atoms with Crippen molar-refractivity contribution in [2.45, 2.75) is 44.2 Å². The average Bonchev–Trinajstić information content (AvgIpc) is 3.12. The van der Waals surface area contributed by atoms with Gasteiger partial charge in [-0.15, -0.1) is 0 Å². The molecule has 2 rings (SSSR count). The van der Waals surface area contributed by atoms with Gasteiger partial charge in [-0.2, -0.15) is 5.10 Å². The van der Waals surface area contributed by atoms with E-state index in [1.54, 1.807) is 7.11 Å². The lowest BCUT2D eigenvalue weighted by Gasteiger charge is -2.15. The highest BCUT2D eigenvalue weighted by atomic mass is 16.5. The summed E-state index contributed by atoms with van der Waals surface area (Å²) in [5, 5.41) is 4.67. The quantitative estimate of drug-likeness (QED) is 0.402. The first-order valence-electron chi connectivity index (χ1n) is 7.40. The van der Waals surface area contributed by atoms with Crippen LogP contribution in [-0.4, -0.2) is 42.8 Å². The molecule has 0 radical (unpaired) electrons. The smallest absolute Gasteiger partial charge is 0.0701 e. The molecule has 0 saturated heterocycles. The van der Waals surface area contributed by atoms with Crippen LogP contribution in [0.15, 0.2) is 12.3 Å². The van der Waals surface area contributed by atoms with Crippen molar-refractivity contribution in [3.8, 4) is 0 Å². The van der Waals surface area contributed by atoms with Crippen LogP contribution in [0, 0.1) is 0 Å². The number of aromatic nitrogens is 2. The summed E-state index contributed by atoms with van der Waals surface area (Å²) in [5.74, 6) is 5.57. The predicted octanol–water partition coefficient (Wildman–Crippen LogP) is 1.04. The summed E-state index contributed by atoms with van der Waals surface area (Å²) in [5.41, 5.74) is 3.86. The van der Waals surface area contributed by atoms with Crippen LogP contribution in [0.5, 0.6) is 0 Å². The first-order valence-corrected chi connectivity index (χ1v) is 7.40. The maximum absolute atomic E-state index is 5.57. The highest BCUT2D eigenvalue weighted by Crippen LogP contribution is 2.28. The van der Waals surface area contributed by atoms with Crippen LogP contribution in [-0.2, 0) is 15.9 Å². The molecule has 0 aromatic carbocycles. The molecule has 20 heavy (non-hydrogen) atoms. The van der Waals surface area contributed by atoms with Gasteiger partial charge >= 0.3 is 0 Å². The van der Waals surface area contributed by atoms with Crippen LogP contribution >= 0.6 is 0 Å². The third kappa shape index (κ3) is 4.56. The second-order valence-corrected chi connectivity index (χ2v) is 5.36. The van der Waals surface area contributed by atoms with Crippen LogP contribution in [0.3, 0.4) is 0 Å². The Morgan fingerprint density at radius 2 is 2.25 bits per heavy atom. The van der Waals surface area contributed by atoms with E-state index in [9.17, 15) is 0 Å². The summed E-state index contributed by atoms with van der Waals surface area (Å²) >= 11 is 0. The second-order valence-electron chi connectivity index (χ2n) is 5.36. The molecule has 0 spiro atoms. The molecule has 0 bridgehead atoms. The molecular formula is C14H26N4O2. The van der Waals surface area contributed by atoms with Gasteiger partial charge in [0, 0.05) is 19.7 Å². The number of hydrazine groups is 1. The van der Waals surface area contributed by atoms with E-state index in [2.05, 4.69) is 27.5 Å². The Morgan fingerprint density at radius 3 is 2.95 bits per heavy atom. The van der Waals surface area contributed by atoms with Crippen molar-refractivity contribution >= 4 is 0 Å². The van der Waals surface area contributed by atoms with Crippen molar-refractivity contribution in [2.24, 2.45) is 5.84 Å². The molecule has 0 amide bonds. The van der Waals surface area contributed by atoms with Crippen LogP contribution in [0.2, 0.25) is 0 Å². The third-order valence-electron chi connectivity index (χ3n) is 3.80. The molecule has 1 heterocycles. The number of nitrogens with two attached hydrogens (primary N) is 1. The van der Waals surface area contributed by atoms with Crippen LogP contribution in [0.25, 0.3) is 0 Å². The zero-order valence-corrected chi connectivity index (χ0v) is 12.3. The third-order valence-corrected chi connectivity index (χ3v) is 3.80. The summed E-state index contributed by atoms with van der Waals surface area (Å²) in [6, 6.07) is 2.75. The molecule has 1 saturated carbocycles. The Hall–Kier alpha value is -0.950. The molecule has 1 aliphatic carbocycles. The lowest BCUT2D eigenvalue weighted by molar-refractivity contribution is 0.0586. The fraction of sp³-hybridized carbons (Fsp3) is 0.786. The monoisotopic (exact) mass is 282 g/mol. The van der Waals surface area contributed by atoms with E-state index in [1.807, 2.05) is 0 Å². The van der Waals surface area contributed by atoms with E-state index in [0.29, 0.717) is 25.9 Å². The lowest BCUT2D eigenvalue weighted by Crippen LogP contribution is -2.40. The Bertz CT molecular complexity index is 377. The van der Waals surface area contributed by atoms with E-state index in [0.717, 1.165) is 12.1 Å². The number of methoxy groups -OCH3 is 1. The normalized spacial score (nSPS) is 17.7. The second kappa shape index (κ2) is 8.36. The summed E-state index contributed by atoms with van der Waals surface area (Å²) < 4.78 is 12.6. The van der Waals surface area contributed by atoms with Gasteiger partial charge in [-0.05, 0) is 18.9 Å². The Kier molecular flexibility index (Phi) is 6.46. The van der Waals surface area contributed by atoms with E-state index in [1.165, 1.54) is 25.7 Å². The molecule has 0 aliphatic heterocycles. The molecule has 1 atom stereocenters. The molecule has 1 aromatic heterocycles. The maximum Gasteiger partial charge on any atom is 0.0701 e. The van der Waals surface area contributed by atoms with Gasteiger partial charge in [0.1, 0.15) is 0 Å². The van der Waals surface area contributed by atoms with Crippen LogP contribution in [0.4, 0.5) is 0 Å². The molecule has 1 aliphatic rings. The van der Waals surface area contributed by atoms with Gasteiger partial charge in [0.15, 0.2) is 0 Å². The minimum Gasteiger partial charge on any atom is -0.382 e. The maximum atomic E-state index is 5.57. The molecule has 6 nitrogen and oxygen atoms in total. The zero-order chi connectivity index (χ0) is 14.2. The Labute approximate surface area is 120 Å². The number of nitrogens with zero attached hydrogens (tertiary/aromatic N) is 2. The van der Waals surface area contributed by atoms with Crippen LogP contribution < -0.4 is 11.3 Å². The number of ether oxygens (including phenoxy) is 2. The van der Waals surface area contributed by atoms with Crippen molar-refractivity contribution in [1.82, 2.24) is 15.2 Å². The first kappa shape index (κ1) is 15.4. The number of hydrogen-bond donors (Lipinski definition) is 2. The molecule has 6 heteroatoms. The molecule has 114 valence electrons. The summed E-state index contributed by atoms with van der Waals surface area (Å²) in [4.78, 5) is 0. The molecule has 1 fully saturated rings. The van der Waals surface area contributed by atoms with Crippen molar-refractivity contribution in [3.63, 3.8) is 0 Å². The highest BCUT2D eigenvalue weighted by Gasteiger charge is 2.18. The van der Waals surface area contributed by atoms with E-state index in [4.69, 9.17) is 15.3 Å². The topological polar surface area (TPSA) is 74.3 Å². The molecule has 1 unspecified atom stereocenters. The Balaban J connectivity index is 1.78. The lowest BCUT2D eigenvalue weighted by atomic mass is 10.2. The standard InChI is InChI=1S/C14H26N4O2/c1-19-8-9-20-11-13(16-15)10-12-6-7-18(17-12)14-4-2-3-5-14/h6-7,13-14,16H,2-5,8-11,15H2,1H3. The molecular weight excluding hydrogens is 256 g/mol. The SMILES string of the molecule is COCCOCC(Cc1ccn(C2CCCC2)n1)NN. The fourth-order valence-electron chi connectivity index (χ4n) is 2.64. The van der Waals surface area contributed by atoms with Gasteiger partial charge in [0.2, 0.25) is 0 Å². The van der Waals surface area contributed by atoms with E-state index in [-0.39, 0.29) is 6.04 Å². The zero-order valence-electron chi connectivity index (χ0n) is 12.3. The van der Waals surface area contributed by atoms with E-state index < -0.39 is 0 Å². The number of nitrogens with one attached hydrogen (secondary N) is 1. The number of rotatable bonds is 9. The van der Waals surface area contributed by atoms with Crippen molar-refractivity contribution in [3.05, 3.63) is 18.0 Å². The predicted molar refractivity (Wildman–Crippen MR) is 77.2 cm³/mol. The summed E-state index contributed by atoms with van der Waals surface area (Å²) in [6.45, 7) is 1.76. The van der Waals surface area contributed by atoms with E-state index >= 15 is 0 Å². The fourth-order valence-corrected chi connectivity index (χ4v) is 2.64. The van der Waals surface area contributed by atoms with Gasteiger partial charge in [-0.25, -0.2) is 0 Å². The summed E-state index contributed by atoms with van der Waals surface area (Å²) in [7, 11) is 1.66. The van der Waals surface area contributed by atoms with Gasteiger partial charge in [-0.1, -0.05) is 12.8 Å². The van der Waals surface area contributed by atoms with Gasteiger partial charge < -0.3 is 9.47 Å². The highest BCUT2D eigenvalue weighted by molar-refractivity contribution is 5.02. The molecule has 1 aromatic rings. The number of hydrogen-bond acceptors (Lipinski definition) is 5. The largest absolute Gasteiger partial charge is 0.382 e. The van der Waals surface area contributed by atoms with Gasteiger partial charge in [-0.3, -0.25) is 16.0 Å². The Morgan fingerprint density at radius 1 is 1.45 bits per heavy atom. The first-order chi connectivity index (χ1) is 9.83. The van der Waals surface area contributed by atoms with Gasteiger partial charge in [0.05, 0.1) is 37.6 Å². The van der Waals surface area contributed by atoms with Crippen molar-refractivity contribution < 1.29 is 9.47 Å². The minimum atomic E-state index is 0.0822. The van der Waals surface area contributed by atoms with Gasteiger partial charge in [0.25, 0.3) is 0 Å². The summed E-state index contributed by atoms with van der Waals surface area (Å²) in [6.07, 6.45) is 8.01.